The number of anilines is 1. The Bertz CT molecular complexity index is 489. The zero-order chi connectivity index (χ0) is 10.3. The van der Waals surface area contributed by atoms with Gasteiger partial charge in [0, 0.05) is 11.4 Å². The number of rotatable bonds is 1. The second kappa shape index (κ2) is 3.18. The largest absolute Gasteiger partial charge is 0.383 e. The van der Waals surface area contributed by atoms with Gasteiger partial charge >= 0.3 is 0 Å². The molecule has 2 heterocycles. The summed E-state index contributed by atoms with van der Waals surface area (Å²) >= 11 is 1.60. The van der Waals surface area contributed by atoms with Gasteiger partial charge in [0.05, 0.1) is 5.39 Å². The molecule has 0 aromatic carbocycles. The van der Waals surface area contributed by atoms with Gasteiger partial charge < -0.3 is 11.5 Å². The van der Waals surface area contributed by atoms with Gasteiger partial charge in [0.2, 0.25) is 0 Å². The third-order valence-corrected chi connectivity index (χ3v) is 3.42. The third kappa shape index (κ3) is 1.25. The van der Waals surface area contributed by atoms with Crippen LogP contribution in [0.25, 0.3) is 10.2 Å². The minimum Gasteiger partial charge on any atom is -0.383 e. The Hall–Kier alpha value is -1.20. The van der Waals surface area contributed by atoms with Crippen LogP contribution in [0, 0.1) is 13.8 Å². The fourth-order valence-corrected chi connectivity index (χ4v) is 2.63. The van der Waals surface area contributed by atoms with Crippen LogP contribution in [0.3, 0.4) is 0 Å². The van der Waals surface area contributed by atoms with Gasteiger partial charge in [0.15, 0.2) is 0 Å². The molecule has 0 unspecified atom stereocenters. The highest BCUT2D eigenvalue weighted by Gasteiger charge is 2.12. The van der Waals surface area contributed by atoms with Crippen LogP contribution in [0.1, 0.15) is 16.3 Å². The van der Waals surface area contributed by atoms with E-state index in [4.69, 9.17) is 11.5 Å². The van der Waals surface area contributed by atoms with Crippen LogP contribution in [0.15, 0.2) is 0 Å². The van der Waals surface area contributed by atoms with E-state index in [1.165, 1.54) is 0 Å². The van der Waals surface area contributed by atoms with Crippen molar-refractivity contribution in [2.24, 2.45) is 5.73 Å². The minimum atomic E-state index is 0.533. The van der Waals surface area contributed by atoms with E-state index in [2.05, 4.69) is 9.97 Å². The third-order valence-electron chi connectivity index (χ3n) is 2.21. The van der Waals surface area contributed by atoms with Crippen molar-refractivity contribution in [1.82, 2.24) is 9.97 Å². The molecule has 0 aliphatic carbocycles. The van der Waals surface area contributed by atoms with Crippen LogP contribution in [0.4, 0.5) is 5.82 Å². The van der Waals surface area contributed by atoms with Crippen molar-refractivity contribution in [2.45, 2.75) is 20.4 Å². The molecule has 0 spiro atoms. The molecular weight excluding hydrogens is 196 g/mol. The smallest absolute Gasteiger partial charge is 0.136 e. The standard InChI is InChI=1S/C9H12N4S/c1-4-6(3-10)14-9-7(4)8(11)12-5(2)13-9/h3,10H2,1-2H3,(H2,11,12,13). The van der Waals surface area contributed by atoms with E-state index in [-0.39, 0.29) is 0 Å². The molecule has 2 aromatic rings. The second-order valence-electron chi connectivity index (χ2n) is 3.19. The molecule has 14 heavy (non-hydrogen) atoms. The maximum Gasteiger partial charge on any atom is 0.136 e. The van der Waals surface area contributed by atoms with Crippen LogP contribution in [0.2, 0.25) is 0 Å². The lowest BCUT2D eigenvalue weighted by atomic mass is 10.2. The predicted octanol–water partition coefficient (Wildman–Crippen LogP) is 1.35. The van der Waals surface area contributed by atoms with Gasteiger partial charge in [-0.3, -0.25) is 0 Å². The number of hydrogen-bond acceptors (Lipinski definition) is 5. The van der Waals surface area contributed by atoms with Gasteiger partial charge in [-0.1, -0.05) is 0 Å². The first-order valence-electron chi connectivity index (χ1n) is 4.35. The number of nitrogen functional groups attached to an aromatic ring is 1. The number of nitrogens with two attached hydrogens (primary N) is 2. The molecule has 0 atom stereocenters. The van der Waals surface area contributed by atoms with Crippen LogP contribution in [-0.4, -0.2) is 9.97 Å². The van der Waals surface area contributed by atoms with Crippen molar-refractivity contribution >= 4 is 27.4 Å². The van der Waals surface area contributed by atoms with Crippen molar-refractivity contribution in [2.75, 3.05) is 5.73 Å². The van der Waals surface area contributed by atoms with Gasteiger partial charge in [-0.25, -0.2) is 9.97 Å². The van der Waals surface area contributed by atoms with Crippen molar-refractivity contribution in [3.63, 3.8) is 0 Å². The summed E-state index contributed by atoms with van der Waals surface area (Å²) in [5.74, 6) is 1.26. The second-order valence-corrected chi connectivity index (χ2v) is 4.27. The predicted molar refractivity (Wildman–Crippen MR) is 59.2 cm³/mol. The molecule has 5 heteroatoms. The first kappa shape index (κ1) is 9.36. The fraction of sp³-hybridized carbons (Fsp3) is 0.333. The zero-order valence-electron chi connectivity index (χ0n) is 8.16. The van der Waals surface area contributed by atoms with E-state index in [0.29, 0.717) is 18.2 Å². The molecule has 0 aliphatic heterocycles. The Kier molecular flexibility index (Phi) is 2.13. The molecule has 2 rings (SSSR count). The Morgan fingerprint density at radius 3 is 2.64 bits per heavy atom. The van der Waals surface area contributed by atoms with E-state index >= 15 is 0 Å². The normalized spacial score (nSPS) is 11.1. The topological polar surface area (TPSA) is 77.8 Å². The average molecular weight is 208 g/mol. The molecule has 0 bridgehead atoms. The van der Waals surface area contributed by atoms with Crippen LogP contribution in [-0.2, 0) is 6.54 Å². The Balaban J connectivity index is 2.85. The SMILES string of the molecule is Cc1nc(N)c2c(C)c(CN)sc2n1. The van der Waals surface area contributed by atoms with Gasteiger partial charge in [-0.05, 0) is 19.4 Å². The lowest BCUT2D eigenvalue weighted by Gasteiger charge is -1.98. The van der Waals surface area contributed by atoms with Crippen molar-refractivity contribution in [3.05, 3.63) is 16.3 Å². The maximum atomic E-state index is 5.84. The lowest BCUT2D eigenvalue weighted by molar-refractivity contribution is 1.09. The molecule has 0 aliphatic rings. The van der Waals surface area contributed by atoms with Crippen molar-refractivity contribution in [1.29, 1.82) is 0 Å². The monoisotopic (exact) mass is 208 g/mol. The summed E-state index contributed by atoms with van der Waals surface area (Å²) in [6, 6.07) is 0. The molecule has 4 nitrogen and oxygen atoms in total. The summed E-state index contributed by atoms with van der Waals surface area (Å²) in [6.45, 7) is 4.38. The molecule has 0 fully saturated rings. The van der Waals surface area contributed by atoms with Crippen LogP contribution < -0.4 is 11.5 Å². The van der Waals surface area contributed by atoms with Gasteiger partial charge in [0.25, 0.3) is 0 Å². The summed E-state index contributed by atoms with van der Waals surface area (Å²) in [5, 5.41) is 0.959. The quantitative estimate of drug-likeness (QED) is 0.741. The lowest BCUT2D eigenvalue weighted by Crippen LogP contribution is -1.97. The van der Waals surface area contributed by atoms with Crippen LogP contribution in [0.5, 0.6) is 0 Å². The molecule has 0 amide bonds. The summed E-state index contributed by atoms with van der Waals surface area (Å²) in [5.41, 5.74) is 12.6. The molecule has 2 aromatic heterocycles. The van der Waals surface area contributed by atoms with E-state index in [0.717, 1.165) is 20.7 Å². The maximum absolute atomic E-state index is 5.84. The summed E-state index contributed by atoms with van der Waals surface area (Å²) < 4.78 is 0. The minimum absolute atomic E-state index is 0.533. The first-order valence-corrected chi connectivity index (χ1v) is 5.17. The van der Waals surface area contributed by atoms with Gasteiger partial charge in [-0.15, -0.1) is 11.3 Å². The van der Waals surface area contributed by atoms with E-state index in [1.807, 2.05) is 13.8 Å². The summed E-state index contributed by atoms with van der Waals surface area (Å²) in [7, 11) is 0. The van der Waals surface area contributed by atoms with Crippen molar-refractivity contribution < 1.29 is 0 Å². The highest BCUT2D eigenvalue weighted by Crippen LogP contribution is 2.31. The van der Waals surface area contributed by atoms with Crippen molar-refractivity contribution in [3.8, 4) is 0 Å². The molecular formula is C9H12N4S. The molecule has 0 saturated heterocycles. The molecule has 0 radical (unpaired) electrons. The number of aromatic nitrogens is 2. The number of thiophene rings is 1. The molecule has 4 N–H and O–H groups in total. The number of nitrogens with zero attached hydrogens (tertiary/aromatic N) is 2. The molecule has 0 saturated carbocycles. The number of hydrogen-bond donors (Lipinski definition) is 2. The highest BCUT2D eigenvalue weighted by atomic mass is 32.1. The zero-order valence-corrected chi connectivity index (χ0v) is 8.98. The fourth-order valence-electron chi connectivity index (χ4n) is 1.52. The van der Waals surface area contributed by atoms with E-state index in [1.54, 1.807) is 11.3 Å². The number of aryl methyl sites for hydroxylation is 2. The molecule has 74 valence electrons. The first-order chi connectivity index (χ1) is 6.63. The Labute approximate surface area is 86.0 Å². The highest BCUT2D eigenvalue weighted by molar-refractivity contribution is 7.18. The Morgan fingerprint density at radius 1 is 1.29 bits per heavy atom. The summed E-state index contributed by atoms with van der Waals surface area (Å²) in [6.07, 6.45) is 0. The summed E-state index contributed by atoms with van der Waals surface area (Å²) in [4.78, 5) is 10.5. The van der Waals surface area contributed by atoms with E-state index in [9.17, 15) is 0 Å². The van der Waals surface area contributed by atoms with E-state index < -0.39 is 0 Å². The van der Waals surface area contributed by atoms with Crippen LogP contribution >= 0.6 is 11.3 Å². The number of fused-ring (bicyclic) bond motifs is 1. The van der Waals surface area contributed by atoms with Gasteiger partial charge in [-0.2, -0.15) is 0 Å². The average Bonchev–Trinajstić information content (AvgIpc) is 2.42. The van der Waals surface area contributed by atoms with Gasteiger partial charge in [0.1, 0.15) is 16.5 Å². The Morgan fingerprint density at radius 2 is 2.00 bits per heavy atom.